The molecule has 0 bridgehead atoms. The highest BCUT2D eigenvalue weighted by Gasteiger charge is 2.14. The normalized spacial score (nSPS) is 11.3. The highest BCUT2D eigenvalue weighted by molar-refractivity contribution is 5.79. The molecule has 2 heterocycles. The second kappa shape index (κ2) is 7.08. The zero-order chi connectivity index (χ0) is 17.9. The summed E-state index contributed by atoms with van der Waals surface area (Å²) in [6.07, 6.45) is 1.67. The fourth-order valence-corrected chi connectivity index (χ4v) is 3.10. The lowest BCUT2D eigenvalue weighted by Crippen LogP contribution is -2.09. The molecule has 0 fully saturated rings. The molecule has 0 radical (unpaired) electrons. The van der Waals surface area contributed by atoms with E-state index >= 15 is 0 Å². The molecule has 0 amide bonds. The van der Waals surface area contributed by atoms with E-state index in [2.05, 4.69) is 36.6 Å². The van der Waals surface area contributed by atoms with Gasteiger partial charge in [0.1, 0.15) is 12.4 Å². The summed E-state index contributed by atoms with van der Waals surface area (Å²) in [7, 11) is 0. The third kappa shape index (κ3) is 3.23. The maximum atomic E-state index is 5.96. The molecule has 4 aromatic rings. The van der Waals surface area contributed by atoms with Gasteiger partial charge in [-0.05, 0) is 47.9 Å². The quantitative estimate of drug-likeness (QED) is 0.463. The summed E-state index contributed by atoms with van der Waals surface area (Å²) in [5, 5.41) is 0. The number of furan rings is 1. The van der Waals surface area contributed by atoms with Crippen molar-refractivity contribution in [3.8, 4) is 17.3 Å². The Labute approximate surface area is 153 Å². The van der Waals surface area contributed by atoms with Crippen LogP contribution < -0.4 is 4.74 Å². The molecule has 0 saturated carbocycles. The van der Waals surface area contributed by atoms with Crippen molar-refractivity contribution in [2.45, 2.75) is 26.3 Å². The lowest BCUT2D eigenvalue weighted by atomic mass is 10.0. The maximum Gasteiger partial charge on any atom is 0.177 e. The summed E-state index contributed by atoms with van der Waals surface area (Å²) in [5.74, 6) is 3.01. The average Bonchev–Trinajstić information content (AvgIpc) is 3.30. The molecule has 26 heavy (non-hydrogen) atoms. The van der Waals surface area contributed by atoms with Crippen LogP contribution in [0, 0.1) is 0 Å². The Morgan fingerprint density at radius 3 is 2.54 bits per heavy atom. The molecule has 2 aromatic carbocycles. The first kappa shape index (κ1) is 16.5. The van der Waals surface area contributed by atoms with Crippen molar-refractivity contribution >= 4 is 11.0 Å². The summed E-state index contributed by atoms with van der Waals surface area (Å²) in [6.45, 7) is 5.64. The number of imidazole rings is 1. The second-order valence-electron chi connectivity index (χ2n) is 6.63. The van der Waals surface area contributed by atoms with Crippen LogP contribution >= 0.6 is 0 Å². The number of fused-ring (bicyclic) bond motifs is 1. The zero-order valence-electron chi connectivity index (χ0n) is 15.1. The van der Waals surface area contributed by atoms with Crippen molar-refractivity contribution in [1.82, 2.24) is 9.55 Å². The van der Waals surface area contributed by atoms with Gasteiger partial charge in [-0.25, -0.2) is 4.98 Å². The van der Waals surface area contributed by atoms with E-state index in [4.69, 9.17) is 14.1 Å². The van der Waals surface area contributed by atoms with Crippen molar-refractivity contribution < 1.29 is 9.15 Å². The molecule has 4 rings (SSSR count). The summed E-state index contributed by atoms with van der Waals surface area (Å²) >= 11 is 0. The van der Waals surface area contributed by atoms with Crippen LogP contribution in [0.25, 0.3) is 22.6 Å². The molecule has 0 aliphatic rings. The monoisotopic (exact) mass is 346 g/mol. The van der Waals surface area contributed by atoms with Gasteiger partial charge < -0.3 is 13.7 Å². The van der Waals surface area contributed by atoms with Crippen molar-refractivity contribution in [2.75, 3.05) is 6.61 Å². The van der Waals surface area contributed by atoms with E-state index in [1.165, 1.54) is 5.56 Å². The largest absolute Gasteiger partial charge is 0.492 e. The van der Waals surface area contributed by atoms with Gasteiger partial charge in [0, 0.05) is 0 Å². The standard InChI is InChI=1S/C22H22N2O2/c1-16(2)17-9-11-18(12-10-17)25-15-13-24-20-7-4-3-6-19(20)23-22(24)21-8-5-14-26-21/h3-12,14,16H,13,15H2,1-2H3. The van der Waals surface area contributed by atoms with Crippen LogP contribution in [-0.2, 0) is 6.54 Å². The number of nitrogens with zero attached hydrogens (tertiary/aromatic N) is 2. The molecule has 0 N–H and O–H groups in total. The molecule has 4 nitrogen and oxygen atoms in total. The van der Waals surface area contributed by atoms with Gasteiger partial charge >= 0.3 is 0 Å². The molecule has 0 spiro atoms. The second-order valence-corrected chi connectivity index (χ2v) is 6.63. The SMILES string of the molecule is CC(C)c1ccc(OCCn2c(-c3ccco3)nc3ccccc32)cc1. The fraction of sp³-hybridized carbons (Fsp3) is 0.227. The first-order valence-corrected chi connectivity index (χ1v) is 8.94. The summed E-state index contributed by atoms with van der Waals surface area (Å²) < 4.78 is 13.7. The van der Waals surface area contributed by atoms with Crippen LogP contribution in [-0.4, -0.2) is 16.2 Å². The van der Waals surface area contributed by atoms with Gasteiger partial charge in [-0.3, -0.25) is 0 Å². The Kier molecular flexibility index (Phi) is 4.48. The third-order valence-electron chi connectivity index (χ3n) is 4.53. The number of benzene rings is 2. The number of rotatable bonds is 6. The Morgan fingerprint density at radius 1 is 1.00 bits per heavy atom. The van der Waals surface area contributed by atoms with E-state index in [1.807, 2.05) is 42.5 Å². The predicted octanol–water partition coefficient (Wildman–Crippen LogP) is 5.50. The topological polar surface area (TPSA) is 40.2 Å². The van der Waals surface area contributed by atoms with Crippen LogP contribution in [0.4, 0.5) is 0 Å². The average molecular weight is 346 g/mol. The van der Waals surface area contributed by atoms with Gasteiger partial charge in [0.2, 0.25) is 0 Å². The van der Waals surface area contributed by atoms with Crippen LogP contribution in [0.5, 0.6) is 5.75 Å². The van der Waals surface area contributed by atoms with Crippen LogP contribution in [0.2, 0.25) is 0 Å². The Balaban J connectivity index is 1.54. The van der Waals surface area contributed by atoms with Gasteiger partial charge in [0.15, 0.2) is 11.6 Å². The van der Waals surface area contributed by atoms with Crippen LogP contribution in [0.1, 0.15) is 25.3 Å². The first-order chi connectivity index (χ1) is 12.7. The first-order valence-electron chi connectivity index (χ1n) is 8.94. The number of hydrogen-bond acceptors (Lipinski definition) is 3. The summed E-state index contributed by atoms with van der Waals surface area (Å²) in [5.41, 5.74) is 3.36. The predicted molar refractivity (Wildman–Crippen MR) is 103 cm³/mol. The van der Waals surface area contributed by atoms with Crippen molar-refractivity contribution in [3.05, 3.63) is 72.5 Å². The Hall–Kier alpha value is -3.01. The van der Waals surface area contributed by atoms with Crippen molar-refractivity contribution in [1.29, 1.82) is 0 Å². The number of hydrogen-bond donors (Lipinski definition) is 0. The zero-order valence-corrected chi connectivity index (χ0v) is 15.1. The molecule has 0 atom stereocenters. The molecule has 0 saturated heterocycles. The Morgan fingerprint density at radius 2 is 1.81 bits per heavy atom. The van der Waals surface area contributed by atoms with E-state index < -0.39 is 0 Å². The highest BCUT2D eigenvalue weighted by atomic mass is 16.5. The van der Waals surface area contributed by atoms with Gasteiger partial charge in [-0.1, -0.05) is 38.1 Å². The molecular weight excluding hydrogens is 324 g/mol. The number of para-hydroxylation sites is 2. The number of aromatic nitrogens is 2. The number of ether oxygens (including phenoxy) is 1. The lowest BCUT2D eigenvalue weighted by Gasteiger charge is -2.11. The van der Waals surface area contributed by atoms with Gasteiger partial charge in [-0.2, -0.15) is 0 Å². The van der Waals surface area contributed by atoms with E-state index in [-0.39, 0.29) is 0 Å². The minimum absolute atomic E-state index is 0.525. The molecule has 0 aliphatic heterocycles. The van der Waals surface area contributed by atoms with E-state index in [9.17, 15) is 0 Å². The smallest absolute Gasteiger partial charge is 0.177 e. The lowest BCUT2D eigenvalue weighted by molar-refractivity contribution is 0.300. The third-order valence-corrected chi connectivity index (χ3v) is 4.53. The van der Waals surface area contributed by atoms with Gasteiger partial charge in [0.05, 0.1) is 23.8 Å². The van der Waals surface area contributed by atoms with Gasteiger partial charge in [-0.15, -0.1) is 0 Å². The van der Waals surface area contributed by atoms with E-state index in [1.54, 1.807) is 6.26 Å². The van der Waals surface area contributed by atoms with E-state index in [0.717, 1.165) is 28.4 Å². The minimum Gasteiger partial charge on any atom is -0.492 e. The minimum atomic E-state index is 0.525. The van der Waals surface area contributed by atoms with Gasteiger partial charge in [0.25, 0.3) is 0 Å². The molecule has 2 aromatic heterocycles. The maximum absolute atomic E-state index is 5.96. The molecule has 0 aliphatic carbocycles. The van der Waals surface area contributed by atoms with Crippen LogP contribution in [0.15, 0.2) is 71.3 Å². The molecule has 0 unspecified atom stereocenters. The molecular formula is C22H22N2O2. The summed E-state index contributed by atoms with van der Waals surface area (Å²) in [4.78, 5) is 4.73. The fourth-order valence-electron chi connectivity index (χ4n) is 3.10. The van der Waals surface area contributed by atoms with Crippen LogP contribution in [0.3, 0.4) is 0 Å². The van der Waals surface area contributed by atoms with Crippen molar-refractivity contribution in [3.63, 3.8) is 0 Å². The van der Waals surface area contributed by atoms with Crippen molar-refractivity contribution in [2.24, 2.45) is 0 Å². The summed E-state index contributed by atoms with van der Waals surface area (Å²) in [6, 6.07) is 20.3. The highest BCUT2D eigenvalue weighted by Crippen LogP contribution is 2.25. The Bertz CT molecular complexity index is 983. The molecule has 132 valence electrons. The van der Waals surface area contributed by atoms with E-state index in [0.29, 0.717) is 19.1 Å². The molecule has 4 heteroatoms.